The first-order chi connectivity index (χ1) is 13.8. The van der Waals surface area contributed by atoms with Gasteiger partial charge in [0.25, 0.3) is 0 Å². The second-order valence-corrected chi connectivity index (χ2v) is 6.13. The summed E-state index contributed by atoms with van der Waals surface area (Å²) in [4.78, 5) is 33.7. The number of amides is 2. The van der Waals surface area contributed by atoms with Gasteiger partial charge in [0.15, 0.2) is 0 Å². The lowest BCUT2D eigenvalue weighted by Gasteiger charge is -2.06. The molecule has 0 aliphatic rings. The van der Waals surface area contributed by atoms with E-state index in [4.69, 9.17) is 16.3 Å². The van der Waals surface area contributed by atoms with Gasteiger partial charge in [-0.25, -0.2) is 5.43 Å². The van der Waals surface area contributed by atoms with Crippen molar-refractivity contribution >= 4 is 41.0 Å². The highest BCUT2D eigenvalue weighted by atomic mass is 35.5. The molecule has 0 spiro atoms. The highest BCUT2D eigenvalue weighted by molar-refractivity contribution is 6.31. The number of nitro benzene ring substituents is 1. The maximum Gasteiger partial charge on any atom is 0.312 e. The van der Waals surface area contributed by atoms with Crippen LogP contribution in [0.3, 0.4) is 0 Å². The molecule has 0 atom stereocenters. The smallest absolute Gasteiger partial charge is 0.312 e. The Hall–Kier alpha value is -3.66. The van der Waals surface area contributed by atoms with Crippen LogP contribution in [0.15, 0.2) is 41.5 Å². The number of anilines is 1. The van der Waals surface area contributed by atoms with Crippen molar-refractivity contribution in [3.63, 3.8) is 0 Å². The summed E-state index contributed by atoms with van der Waals surface area (Å²) in [6.45, 7) is 0. The number of nitrogens with zero attached hydrogens (tertiary/aromatic N) is 2. The predicted molar refractivity (Wildman–Crippen MR) is 106 cm³/mol. The van der Waals surface area contributed by atoms with Crippen LogP contribution in [-0.2, 0) is 9.59 Å². The van der Waals surface area contributed by atoms with Gasteiger partial charge in [-0.1, -0.05) is 11.6 Å². The van der Waals surface area contributed by atoms with Crippen molar-refractivity contribution < 1.29 is 24.4 Å². The van der Waals surface area contributed by atoms with Crippen molar-refractivity contribution in [1.29, 1.82) is 0 Å². The molecule has 0 radical (unpaired) electrons. The molecule has 0 unspecified atom stereocenters. The molecule has 2 amide bonds. The standard InChI is InChI=1S/C18H17ClN4O6/c1-29-14-4-2-13(3-5-14)21-16(24)6-7-17(25)22-20-10-11-8-12(19)9-15(18(11)26)23(27)28/h2-5,8-10,26H,6-7H2,1H3,(H,21,24)(H,22,25)/b20-10-. The molecule has 0 aliphatic carbocycles. The van der Waals surface area contributed by atoms with E-state index < -0.39 is 22.3 Å². The third-order valence-corrected chi connectivity index (χ3v) is 3.84. The molecular formula is C18H17ClN4O6. The first kappa shape index (κ1) is 21.6. The topological polar surface area (TPSA) is 143 Å². The fraction of sp³-hybridized carbons (Fsp3) is 0.167. The number of aromatic hydroxyl groups is 1. The molecule has 10 nitrogen and oxygen atoms in total. The second-order valence-electron chi connectivity index (χ2n) is 5.69. The molecule has 2 aromatic rings. The van der Waals surface area contributed by atoms with Crippen LogP contribution in [-0.4, -0.2) is 35.2 Å². The molecule has 0 heterocycles. The number of phenolic OH excluding ortho intramolecular Hbond substituents is 1. The van der Waals surface area contributed by atoms with Gasteiger partial charge < -0.3 is 15.2 Å². The minimum atomic E-state index is -0.793. The number of carbonyl (C=O) groups excluding carboxylic acids is 2. The molecule has 2 rings (SSSR count). The number of hydrogen-bond donors (Lipinski definition) is 3. The van der Waals surface area contributed by atoms with Gasteiger partial charge in [0.05, 0.1) is 18.2 Å². The molecular weight excluding hydrogens is 404 g/mol. The maximum atomic E-state index is 11.9. The number of nitrogens with one attached hydrogen (secondary N) is 2. The maximum absolute atomic E-state index is 11.9. The summed E-state index contributed by atoms with van der Waals surface area (Å²) < 4.78 is 5.02. The van der Waals surface area contributed by atoms with Crippen LogP contribution in [0.2, 0.25) is 5.02 Å². The molecule has 0 bridgehead atoms. The zero-order valence-corrected chi connectivity index (χ0v) is 16.0. The number of halogens is 1. The van der Waals surface area contributed by atoms with E-state index >= 15 is 0 Å². The molecule has 0 saturated heterocycles. The Morgan fingerprint density at radius 2 is 1.90 bits per heavy atom. The molecule has 0 aromatic heterocycles. The number of benzene rings is 2. The predicted octanol–water partition coefficient (Wildman–Crippen LogP) is 2.83. The monoisotopic (exact) mass is 420 g/mol. The van der Waals surface area contributed by atoms with E-state index in [0.717, 1.165) is 12.3 Å². The summed E-state index contributed by atoms with van der Waals surface area (Å²) in [6.07, 6.45) is 0.797. The van der Waals surface area contributed by atoms with Gasteiger partial charge in [-0.2, -0.15) is 5.10 Å². The van der Waals surface area contributed by atoms with Gasteiger partial charge in [-0.15, -0.1) is 0 Å². The number of carbonyl (C=O) groups is 2. The van der Waals surface area contributed by atoms with Crippen LogP contribution in [0.1, 0.15) is 18.4 Å². The number of hydrogen-bond acceptors (Lipinski definition) is 7. The molecule has 152 valence electrons. The van der Waals surface area contributed by atoms with E-state index in [9.17, 15) is 24.8 Å². The van der Waals surface area contributed by atoms with E-state index in [2.05, 4.69) is 15.8 Å². The molecule has 0 aliphatic heterocycles. The van der Waals surface area contributed by atoms with Gasteiger partial charge >= 0.3 is 5.69 Å². The summed E-state index contributed by atoms with van der Waals surface area (Å²) in [5.74, 6) is -0.896. The van der Waals surface area contributed by atoms with Crippen LogP contribution in [0.4, 0.5) is 11.4 Å². The Bertz CT molecular complexity index is 946. The summed E-state index contributed by atoms with van der Waals surface area (Å²) in [5, 5.41) is 27.0. The minimum absolute atomic E-state index is 0.0254. The average Bonchev–Trinajstić information content (AvgIpc) is 2.69. The Morgan fingerprint density at radius 1 is 1.24 bits per heavy atom. The Morgan fingerprint density at radius 3 is 2.52 bits per heavy atom. The van der Waals surface area contributed by atoms with Crippen molar-refractivity contribution in [2.75, 3.05) is 12.4 Å². The van der Waals surface area contributed by atoms with Crippen LogP contribution in [0.25, 0.3) is 0 Å². The summed E-state index contributed by atoms with van der Waals surface area (Å²) in [7, 11) is 1.53. The highest BCUT2D eigenvalue weighted by Crippen LogP contribution is 2.32. The third kappa shape index (κ3) is 6.47. The summed E-state index contributed by atoms with van der Waals surface area (Å²) in [6, 6.07) is 8.95. The van der Waals surface area contributed by atoms with Crippen LogP contribution in [0, 0.1) is 10.1 Å². The van der Waals surface area contributed by atoms with Gasteiger partial charge in [-0.05, 0) is 30.3 Å². The number of ether oxygens (including phenoxy) is 1. The number of rotatable bonds is 8. The van der Waals surface area contributed by atoms with Crippen molar-refractivity contribution in [2.45, 2.75) is 12.8 Å². The molecule has 11 heteroatoms. The van der Waals surface area contributed by atoms with E-state index in [-0.39, 0.29) is 29.3 Å². The number of nitro groups is 1. The first-order valence-corrected chi connectivity index (χ1v) is 8.60. The van der Waals surface area contributed by atoms with Gasteiger partial charge in [0, 0.05) is 35.2 Å². The molecule has 3 N–H and O–H groups in total. The Labute approximate surface area is 170 Å². The van der Waals surface area contributed by atoms with Crippen molar-refractivity contribution in [2.24, 2.45) is 5.10 Å². The zero-order valence-electron chi connectivity index (χ0n) is 15.2. The number of hydrazone groups is 1. The first-order valence-electron chi connectivity index (χ1n) is 8.23. The molecule has 2 aromatic carbocycles. The largest absolute Gasteiger partial charge is 0.502 e. The fourth-order valence-corrected chi connectivity index (χ4v) is 2.42. The number of methoxy groups -OCH3 is 1. The van der Waals surface area contributed by atoms with E-state index in [0.29, 0.717) is 11.4 Å². The van der Waals surface area contributed by atoms with E-state index in [1.54, 1.807) is 24.3 Å². The van der Waals surface area contributed by atoms with Crippen molar-refractivity contribution in [3.05, 3.63) is 57.1 Å². The van der Waals surface area contributed by atoms with Crippen molar-refractivity contribution in [3.8, 4) is 11.5 Å². The minimum Gasteiger partial charge on any atom is -0.502 e. The zero-order chi connectivity index (χ0) is 21.4. The highest BCUT2D eigenvalue weighted by Gasteiger charge is 2.17. The lowest BCUT2D eigenvalue weighted by atomic mass is 10.2. The average molecular weight is 421 g/mol. The lowest BCUT2D eigenvalue weighted by molar-refractivity contribution is -0.385. The van der Waals surface area contributed by atoms with Crippen molar-refractivity contribution in [1.82, 2.24) is 5.43 Å². The quantitative estimate of drug-likeness (QED) is 0.340. The molecule has 29 heavy (non-hydrogen) atoms. The number of phenols is 1. The Balaban J connectivity index is 1.85. The van der Waals surface area contributed by atoms with Crippen LogP contribution >= 0.6 is 11.6 Å². The van der Waals surface area contributed by atoms with Gasteiger partial charge in [-0.3, -0.25) is 19.7 Å². The normalized spacial score (nSPS) is 10.6. The third-order valence-electron chi connectivity index (χ3n) is 3.63. The molecule has 0 fully saturated rings. The van der Waals surface area contributed by atoms with Crippen LogP contribution < -0.4 is 15.5 Å². The second kappa shape index (κ2) is 10.0. The van der Waals surface area contributed by atoms with E-state index in [1.807, 2.05) is 0 Å². The summed E-state index contributed by atoms with van der Waals surface area (Å²) >= 11 is 5.76. The Kier molecular flexibility index (Phi) is 7.49. The van der Waals surface area contributed by atoms with Gasteiger partial charge in [0.2, 0.25) is 17.6 Å². The van der Waals surface area contributed by atoms with Crippen LogP contribution in [0.5, 0.6) is 11.5 Å². The summed E-state index contributed by atoms with van der Waals surface area (Å²) in [5.41, 5.74) is 2.11. The van der Waals surface area contributed by atoms with Gasteiger partial charge in [0.1, 0.15) is 5.75 Å². The SMILES string of the molecule is COc1ccc(NC(=O)CCC(=O)N/N=C\c2cc(Cl)cc([N+](=O)[O-])c2O)cc1. The molecule has 0 saturated carbocycles. The van der Waals surface area contributed by atoms with E-state index in [1.165, 1.54) is 13.2 Å². The fourth-order valence-electron chi connectivity index (χ4n) is 2.20. The lowest BCUT2D eigenvalue weighted by Crippen LogP contribution is -2.20.